The van der Waals surface area contributed by atoms with Crippen LogP contribution in [0.3, 0.4) is 0 Å². The minimum Gasteiger partial charge on any atom is -0.231 e. The molecule has 1 aromatic heterocycles. The maximum Gasteiger partial charge on any atom is 0.206 e. The highest BCUT2D eigenvalue weighted by atomic mass is 79.9. The van der Waals surface area contributed by atoms with Gasteiger partial charge in [0.2, 0.25) is 5.13 Å². The van der Waals surface area contributed by atoms with E-state index in [1.807, 2.05) is 42.3 Å². The summed E-state index contributed by atoms with van der Waals surface area (Å²) < 4.78 is 1.07. The van der Waals surface area contributed by atoms with E-state index in [1.54, 1.807) is 11.3 Å². The first-order chi connectivity index (χ1) is 12.1. The van der Waals surface area contributed by atoms with Crippen LogP contribution < -0.4 is 5.01 Å². The summed E-state index contributed by atoms with van der Waals surface area (Å²) in [7, 11) is 0. The summed E-state index contributed by atoms with van der Waals surface area (Å²) in [6.07, 6.45) is 0.830. The van der Waals surface area contributed by atoms with E-state index in [0.29, 0.717) is 0 Å². The Morgan fingerprint density at radius 1 is 1.20 bits per heavy atom. The standard InChI is InChI=1S/C19H15BrClN3S/c1-12-11-25-19(22-12)24-18(14-3-2-4-15(20)9-14)10-17(23-24)13-5-7-16(21)8-6-13/h2-9,11,18H,10H2,1H3. The molecule has 0 amide bonds. The van der Waals surface area contributed by atoms with Gasteiger partial charge in [-0.25, -0.2) is 9.99 Å². The Bertz CT molecular complexity index is 936. The molecule has 0 fully saturated rings. The van der Waals surface area contributed by atoms with Gasteiger partial charge in [0.1, 0.15) is 0 Å². The summed E-state index contributed by atoms with van der Waals surface area (Å²) in [5.41, 5.74) is 4.38. The molecule has 1 unspecified atom stereocenters. The Labute approximate surface area is 164 Å². The predicted octanol–water partition coefficient (Wildman–Crippen LogP) is 6.22. The summed E-state index contributed by atoms with van der Waals surface area (Å²) in [6.45, 7) is 2.01. The van der Waals surface area contributed by atoms with Gasteiger partial charge in [-0.15, -0.1) is 11.3 Å². The molecule has 2 aromatic carbocycles. The molecular formula is C19H15BrClN3S. The lowest BCUT2D eigenvalue weighted by Gasteiger charge is -2.21. The molecule has 0 bridgehead atoms. The number of benzene rings is 2. The van der Waals surface area contributed by atoms with Crippen molar-refractivity contribution in [1.29, 1.82) is 0 Å². The Balaban J connectivity index is 1.75. The fourth-order valence-electron chi connectivity index (χ4n) is 2.92. The van der Waals surface area contributed by atoms with Crippen LogP contribution in [0.15, 0.2) is 63.5 Å². The lowest BCUT2D eigenvalue weighted by molar-refractivity contribution is 0.705. The van der Waals surface area contributed by atoms with Gasteiger partial charge in [0.25, 0.3) is 0 Å². The summed E-state index contributed by atoms with van der Waals surface area (Å²) in [5, 5.41) is 10.7. The second-order valence-corrected chi connectivity index (χ2v) is 8.13. The van der Waals surface area contributed by atoms with E-state index in [-0.39, 0.29) is 6.04 Å². The number of halogens is 2. The van der Waals surface area contributed by atoms with Crippen molar-refractivity contribution in [2.24, 2.45) is 5.10 Å². The lowest BCUT2D eigenvalue weighted by atomic mass is 9.99. The van der Waals surface area contributed by atoms with Crippen molar-refractivity contribution in [3.8, 4) is 0 Å². The fourth-order valence-corrected chi connectivity index (χ4v) is 4.27. The second-order valence-electron chi connectivity index (χ2n) is 5.94. The third-order valence-corrected chi connectivity index (χ3v) is 5.82. The number of thiazole rings is 1. The highest BCUT2D eigenvalue weighted by molar-refractivity contribution is 9.10. The second kappa shape index (κ2) is 6.90. The van der Waals surface area contributed by atoms with Crippen LogP contribution in [0, 0.1) is 6.92 Å². The molecule has 1 aliphatic heterocycles. The van der Waals surface area contributed by atoms with Gasteiger partial charge in [0, 0.05) is 21.3 Å². The Kier molecular flexibility index (Phi) is 4.63. The number of hydrogen-bond acceptors (Lipinski definition) is 4. The zero-order chi connectivity index (χ0) is 17.4. The Morgan fingerprint density at radius 3 is 2.68 bits per heavy atom. The third kappa shape index (κ3) is 3.50. The molecule has 25 heavy (non-hydrogen) atoms. The molecule has 2 heterocycles. The van der Waals surface area contributed by atoms with E-state index in [1.165, 1.54) is 5.56 Å². The molecule has 0 saturated carbocycles. The predicted molar refractivity (Wildman–Crippen MR) is 109 cm³/mol. The van der Waals surface area contributed by atoms with E-state index >= 15 is 0 Å². The molecule has 0 N–H and O–H groups in total. The molecule has 3 aromatic rings. The smallest absolute Gasteiger partial charge is 0.206 e. The number of aromatic nitrogens is 1. The number of anilines is 1. The number of hydrogen-bond donors (Lipinski definition) is 0. The monoisotopic (exact) mass is 431 g/mol. The van der Waals surface area contributed by atoms with Gasteiger partial charge in [0.05, 0.1) is 17.4 Å². The van der Waals surface area contributed by atoms with Crippen molar-refractivity contribution < 1.29 is 0 Å². The molecule has 0 saturated heterocycles. The molecule has 0 radical (unpaired) electrons. The molecule has 3 nitrogen and oxygen atoms in total. The lowest BCUT2D eigenvalue weighted by Crippen LogP contribution is -2.18. The van der Waals surface area contributed by atoms with Crippen molar-refractivity contribution >= 4 is 49.7 Å². The molecule has 0 spiro atoms. The Hall–Kier alpha value is -1.69. The van der Waals surface area contributed by atoms with Crippen molar-refractivity contribution in [2.75, 3.05) is 5.01 Å². The van der Waals surface area contributed by atoms with Gasteiger partial charge in [-0.3, -0.25) is 0 Å². The average Bonchev–Trinajstić information content (AvgIpc) is 3.22. The van der Waals surface area contributed by atoms with Crippen molar-refractivity contribution in [3.05, 3.63) is 80.2 Å². The van der Waals surface area contributed by atoms with Crippen LogP contribution in [-0.2, 0) is 0 Å². The molecule has 126 valence electrons. The normalized spacial score (nSPS) is 17.0. The number of aryl methyl sites for hydroxylation is 1. The zero-order valence-electron chi connectivity index (χ0n) is 13.5. The van der Waals surface area contributed by atoms with Crippen LogP contribution in [0.5, 0.6) is 0 Å². The van der Waals surface area contributed by atoms with E-state index < -0.39 is 0 Å². The zero-order valence-corrected chi connectivity index (χ0v) is 16.6. The molecule has 1 aliphatic rings. The first-order valence-electron chi connectivity index (χ1n) is 7.90. The summed E-state index contributed by atoms with van der Waals surface area (Å²) in [4.78, 5) is 4.64. The maximum absolute atomic E-state index is 6.02. The third-order valence-electron chi connectivity index (χ3n) is 4.12. The van der Waals surface area contributed by atoms with Crippen molar-refractivity contribution in [3.63, 3.8) is 0 Å². The average molecular weight is 433 g/mol. The first-order valence-corrected chi connectivity index (χ1v) is 9.95. The SMILES string of the molecule is Cc1csc(N2N=C(c3ccc(Cl)cc3)CC2c2cccc(Br)c2)n1. The van der Waals surface area contributed by atoms with Gasteiger partial charge in [-0.1, -0.05) is 51.8 Å². The molecule has 4 rings (SSSR count). The molecule has 1 atom stereocenters. The van der Waals surface area contributed by atoms with E-state index in [4.69, 9.17) is 16.7 Å². The van der Waals surface area contributed by atoms with E-state index in [9.17, 15) is 0 Å². The maximum atomic E-state index is 6.02. The Morgan fingerprint density at radius 2 is 2.00 bits per heavy atom. The minimum atomic E-state index is 0.133. The van der Waals surface area contributed by atoms with Crippen LogP contribution in [0.4, 0.5) is 5.13 Å². The molecule has 6 heteroatoms. The van der Waals surface area contributed by atoms with Crippen LogP contribution >= 0.6 is 38.9 Å². The van der Waals surface area contributed by atoms with Gasteiger partial charge in [-0.05, 0) is 42.3 Å². The molecule has 0 aliphatic carbocycles. The van der Waals surface area contributed by atoms with Gasteiger partial charge in [-0.2, -0.15) is 5.10 Å². The quantitative estimate of drug-likeness (QED) is 0.491. The minimum absolute atomic E-state index is 0.133. The molecular weight excluding hydrogens is 418 g/mol. The van der Waals surface area contributed by atoms with Gasteiger partial charge >= 0.3 is 0 Å². The largest absolute Gasteiger partial charge is 0.231 e. The number of rotatable bonds is 3. The highest BCUT2D eigenvalue weighted by Gasteiger charge is 2.31. The van der Waals surface area contributed by atoms with Crippen LogP contribution in [-0.4, -0.2) is 10.7 Å². The summed E-state index contributed by atoms with van der Waals surface area (Å²) in [5.74, 6) is 0. The van der Waals surface area contributed by atoms with Crippen LogP contribution in [0.1, 0.15) is 29.3 Å². The van der Waals surface area contributed by atoms with Crippen molar-refractivity contribution in [2.45, 2.75) is 19.4 Å². The number of nitrogens with zero attached hydrogens (tertiary/aromatic N) is 3. The summed E-state index contributed by atoms with van der Waals surface area (Å²) >= 11 is 11.2. The topological polar surface area (TPSA) is 28.5 Å². The van der Waals surface area contributed by atoms with E-state index in [0.717, 1.165) is 38.0 Å². The highest BCUT2D eigenvalue weighted by Crippen LogP contribution is 2.38. The van der Waals surface area contributed by atoms with E-state index in [2.05, 4.69) is 44.5 Å². The fraction of sp³-hybridized carbons (Fsp3) is 0.158. The first kappa shape index (κ1) is 16.8. The van der Waals surface area contributed by atoms with Gasteiger partial charge in [0.15, 0.2) is 0 Å². The number of hydrazone groups is 1. The van der Waals surface area contributed by atoms with Gasteiger partial charge < -0.3 is 0 Å². The van der Waals surface area contributed by atoms with Crippen LogP contribution in [0.25, 0.3) is 0 Å². The van der Waals surface area contributed by atoms with Crippen molar-refractivity contribution in [1.82, 2.24) is 4.98 Å². The summed E-state index contributed by atoms with van der Waals surface area (Å²) in [6, 6.07) is 16.4. The van der Waals surface area contributed by atoms with Crippen LogP contribution in [0.2, 0.25) is 5.02 Å².